The first kappa shape index (κ1) is 43.5. The van der Waals surface area contributed by atoms with Crippen LogP contribution in [0, 0.1) is 23.3 Å². The Kier molecular flexibility index (Phi) is 16.6. The van der Waals surface area contributed by atoms with Crippen LogP contribution in [-0.4, -0.2) is 136 Å². The van der Waals surface area contributed by atoms with Gasteiger partial charge in [-0.3, -0.25) is 14.5 Å². The number of rotatable bonds is 23. The molecule has 0 atom stereocenters. The van der Waals surface area contributed by atoms with Crippen LogP contribution in [0.15, 0.2) is 24.3 Å². The molecule has 0 bridgehead atoms. The molecule has 312 valence electrons. The number of nitrogen functional groups attached to an aromatic ring is 1. The number of ether oxygens (including phenoxy) is 5. The number of hydrogen-bond donors (Lipinski definition) is 2. The maximum atomic E-state index is 13.8. The molecule has 1 fully saturated rings. The van der Waals surface area contributed by atoms with Crippen molar-refractivity contribution in [2.75, 3.05) is 110 Å². The number of nitrogens with zero attached hydrogens (tertiary/aromatic N) is 5. The zero-order valence-electron chi connectivity index (χ0n) is 32.4. The molecule has 1 amide bonds. The van der Waals surface area contributed by atoms with Gasteiger partial charge in [0.15, 0.2) is 11.6 Å². The normalized spacial score (nSPS) is 13.5. The molecule has 3 N–H and O–H groups in total. The molecule has 0 unspecified atom stereocenters. The average Bonchev–Trinajstić information content (AvgIpc) is 3.65. The smallest absolute Gasteiger partial charge is 0.313 e. The Labute approximate surface area is 328 Å². The van der Waals surface area contributed by atoms with E-state index in [2.05, 4.69) is 43.6 Å². The van der Waals surface area contributed by atoms with E-state index in [1.807, 2.05) is 6.07 Å². The monoisotopic (exact) mass is 805 g/mol. The van der Waals surface area contributed by atoms with E-state index < -0.39 is 41.4 Å². The minimum absolute atomic E-state index is 0.0157. The lowest BCUT2D eigenvalue weighted by atomic mass is 10.1. The molecule has 5 rings (SSSR count). The van der Waals surface area contributed by atoms with Crippen LogP contribution in [-0.2, 0) is 35.0 Å². The Hall–Kier alpha value is -4.62. The van der Waals surface area contributed by atoms with E-state index in [1.165, 1.54) is 0 Å². The topological polar surface area (TPSA) is 158 Å². The van der Waals surface area contributed by atoms with Gasteiger partial charge >= 0.3 is 5.97 Å². The number of halogens is 4. The molecule has 1 aliphatic rings. The number of aromatic nitrogens is 3. The lowest BCUT2D eigenvalue weighted by Crippen LogP contribution is -2.47. The highest BCUT2D eigenvalue weighted by molar-refractivity contribution is 6.07. The van der Waals surface area contributed by atoms with Gasteiger partial charge in [0.25, 0.3) is 0 Å². The molecule has 14 nitrogen and oxygen atoms in total. The van der Waals surface area contributed by atoms with Crippen LogP contribution in [0.1, 0.15) is 38.4 Å². The van der Waals surface area contributed by atoms with Crippen molar-refractivity contribution in [1.82, 2.24) is 24.8 Å². The van der Waals surface area contributed by atoms with Crippen molar-refractivity contribution in [3.63, 3.8) is 0 Å². The predicted molar refractivity (Wildman–Crippen MR) is 205 cm³/mol. The van der Waals surface area contributed by atoms with Crippen molar-refractivity contribution >= 4 is 45.3 Å². The molecule has 0 radical (unpaired) electrons. The maximum absolute atomic E-state index is 13.8. The first-order chi connectivity index (χ1) is 27.6. The largest absolute Gasteiger partial charge is 0.420 e. The molecule has 57 heavy (non-hydrogen) atoms. The number of anilines is 2. The quantitative estimate of drug-likeness (QED) is 0.0353. The summed E-state index contributed by atoms with van der Waals surface area (Å²) in [7, 11) is 1.55. The van der Waals surface area contributed by atoms with Crippen LogP contribution in [0.3, 0.4) is 0 Å². The molecule has 18 heteroatoms. The third-order valence-electron chi connectivity index (χ3n) is 9.54. The summed E-state index contributed by atoms with van der Waals surface area (Å²) in [5.74, 6) is -8.45. The number of methoxy groups -OCH3 is 1. The van der Waals surface area contributed by atoms with Crippen molar-refractivity contribution in [3.05, 3.63) is 53.4 Å². The van der Waals surface area contributed by atoms with Gasteiger partial charge < -0.3 is 44.2 Å². The molecule has 0 spiro atoms. The summed E-state index contributed by atoms with van der Waals surface area (Å²) in [6.07, 6.45) is 2.64. The van der Waals surface area contributed by atoms with E-state index in [1.54, 1.807) is 12.0 Å². The SMILES string of the molecule is CCCCc1nc2c([nH]1)c(N)nc1ccc(N3CCN(CCOCCN(CCOCCC(=O)Oc4c(F)c(F)cc(F)c4F)C(=O)CCOCCOC)CC3)cc12. The highest BCUT2D eigenvalue weighted by atomic mass is 19.2. The third-order valence-corrected chi connectivity index (χ3v) is 9.54. The van der Waals surface area contributed by atoms with Gasteiger partial charge in [-0.15, -0.1) is 0 Å². The molecular formula is C39H51F4N7O7. The lowest BCUT2D eigenvalue weighted by molar-refractivity contribution is -0.137. The number of pyridine rings is 1. The molecule has 1 aliphatic heterocycles. The number of aromatic amines is 1. The number of benzene rings is 2. The summed E-state index contributed by atoms with van der Waals surface area (Å²) in [4.78, 5) is 44.1. The van der Waals surface area contributed by atoms with Gasteiger partial charge in [0.1, 0.15) is 22.7 Å². The van der Waals surface area contributed by atoms with Crippen LogP contribution in [0.4, 0.5) is 29.1 Å². The molecular weight excluding hydrogens is 754 g/mol. The Morgan fingerprint density at radius 2 is 1.54 bits per heavy atom. The highest BCUT2D eigenvalue weighted by Gasteiger charge is 2.24. The number of carbonyl (C=O) groups excluding carboxylic acids is 2. The number of piperazine rings is 1. The summed E-state index contributed by atoms with van der Waals surface area (Å²) < 4.78 is 80.7. The van der Waals surface area contributed by atoms with E-state index in [0.717, 1.165) is 85.4 Å². The zero-order chi connectivity index (χ0) is 40.7. The zero-order valence-corrected chi connectivity index (χ0v) is 32.4. The number of unbranched alkanes of at least 4 members (excludes halogenated alkanes) is 1. The number of aryl methyl sites for hydroxylation is 1. The van der Waals surface area contributed by atoms with Crippen LogP contribution in [0.5, 0.6) is 5.75 Å². The summed E-state index contributed by atoms with van der Waals surface area (Å²) >= 11 is 0. The standard InChI is InChI=1S/C39H51F4N7O7/c1-3-4-5-31-46-36-27-24-26(6-7-30(27)45-39(44)37(36)47-31)49-12-10-48(11-13-49)14-19-56-21-16-50(32(51)8-17-55-23-22-53-2)15-20-54-18-9-33(52)57-38-34(42)28(40)25-29(41)35(38)43/h6-7,24-25H,3-5,8-23H2,1-2H3,(H2,44,45)(H,46,47). The molecule has 4 aromatic rings. The number of H-pyrrole nitrogens is 1. The minimum atomic E-state index is -1.82. The van der Waals surface area contributed by atoms with Gasteiger partial charge in [0.2, 0.25) is 23.3 Å². The number of fused-ring (bicyclic) bond motifs is 3. The average molecular weight is 806 g/mol. The Balaban J connectivity index is 1.04. The number of nitrogens with one attached hydrogen (secondary N) is 1. The first-order valence-corrected chi connectivity index (χ1v) is 19.2. The fourth-order valence-corrected chi connectivity index (χ4v) is 6.32. The second-order valence-electron chi connectivity index (χ2n) is 13.5. The van der Waals surface area contributed by atoms with Gasteiger partial charge in [-0.25, -0.2) is 18.7 Å². The van der Waals surface area contributed by atoms with E-state index >= 15 is 0 Å². The van der Waals surface area contributed by atoms with Crippen LogP contribution in [0.25, 0.3) is 21.9 Å². The third kappa shape index (κ3) is 12.2. The minimum Gasteiger partial charge on any atom is -0.420 e. The van der Waals surface area contributed by atoms with E-state index in [9.17, 15) is 27.2 Å². The molecule has 2 aromatic carbocycles. The number of carbonyl (C=O) groups is 2. The van der Waals surface area contributed by atoms with Crippen molar-refractivity contribution in [3.8, 4) is 5.75 Å². The summed E-state index contributed by atoms with van der Waals surface area (Å²) in [5.41, 5.74) is 9.81. The summed E-state index contributed by atoms with van der Waals surface area (Å²) in [6.45, 7) is 8.19. The predicted octanol–water partition coefficient (Wildman–Crippen LogP) is 4.62. The second kappa shape index (κ2) is 21.8. The van der Waals surface area contributed by atoms with E-state index in [4.69, 9.17) is 29.7 Å². The van der Waals surface area contributed by atoms with Crippen molar-refractivity contribution < 1.29 is 50.8 Å². The first-order valence-electron chi connectivity index (χ1n) is 19.2. The fourth-order valence-electron chi connectivity index (χ4n) is 6.32. The number of hydrogen-bond acceptors (Lipinski definition) is 12. The van der Waals surface area contributed by atoms with Crippen molar-refractivity contribution in [2.24, 2.45) is 0 Å². The number of nitrogens with two attached hydrogens (primary N) is 1. The van der Waals surface area contributed by atoms with Crippen LogP contribution >= 0.6 is 0 Å². The molecule has 2 aromatic heterocycles. The van der Waals surface area contributed by atoms with Crippen molar-refractivity contribution in [2.45, 2.75) is 39.0 Å². The van der Waals surface area contributed by atoms with Crippen LogP contribution in [0.2, 0.25) is 0 Å². The number of imidazole rings is 1. The Morgan fingerprint density at radius 1 is 0.860 bits per heavy atom. The molecule has 0 saturated carbocycles. The summed E-state index contributed by atoms with van der Waals surface area (Å²) in [6, 6.07) is 6.24. The van der Waals surface area contributed by atoms with Gasteiger partial charge in [0.05, 0.1) is 64.6 Å². The highest BCUT2D eigenvalue weighted by Crippen LogP contribution is 2.31. The summed E-state index contributed by atoms with van der Waals surface area (Å²) in [5, 5.41) is 0.973. The Bertz CT molecular complexity index is 1920. The molecule has 3 heterocycles. The van der Waals surface area contributed by atoms with E-state index in [-0.39, 0.29) is 57.9 Å². The van der Waals surface area contributed by atoms with E-state index in [0.29, 0.717) is 25.6 Å². The lowest BCUT2D eigenvalue weighted by Gasteiger charge is -2.36. The van der Waals surface area contributed by atoms with Gasteiger partial charge in [-0.1, -0.05) is 13.3 Å². The number of amides is 1. The maximum Gasteiger partial charge on any atom is 0.313 e. The van der Waals surface area contributed by atoms with Crippen molar-refractivity contribution in [1.29, 1.82) is 0 Å². The second-order valence-corrected chi connectivity index (χ2v) is 13.5. The van der Waals surface area contributed by atoms with Gasteiger partial charge in [-0.05, 0) is 24.6 Å². The molecule has 0 aliphatic carbocycles. The fraction of sp³-hybridized carbons (Fsp3) is 0.538. The number of esters is 1. The van der Waals surface area contributed by atoms with Gasteiger partial charge in [0, 0.05) is 76.5 Å². The Morgan fingerprint density at radius 3 is 2.25 bits per heavy atom. The van der Waals surface area contributed by atoms with Crippen LogP contribution < -0.4 is 15.4 Å². The molecule has 1 saturated heterocycles. The van der Waals surface area contributed by atoms with Gasteiger partial charge in [-0.2, -0.15) is 8.78 Å².